The van der Waals surface area contributed by atoms with E-state index in [2.05, 4.69) is 43.0 Å². The molecular weight excluding hydrogens is 274 g/mol. The highest BCUT2D eigenvalue weighted by Crippen LogP contribution is 2.23. The Morgan fingerprint density at radius 1 is 1.23 bits per heavy atom. The Balaban J connectivity index is 2.23. The zero-order valence-corrected chi connectivity index (χ0v) is 14.0. The van der Waals surface area contributed by atoms with Crippen LogP contribution in [0.5, 0.6) is 0 Å². The first-order valence-electron chi connectivity index (χ1n) is 8.30. The first-order valence-corrected chi connectivity index (χ1v) is 8.30. The molecule has 2 N–H and O–H groups in total. The van der Waals surface area contributed by atoms with Crippen molar-refractivity contribution in [1.29, 1.82) is 0 Å². The number of carbonyl (C=O) groups is 1. The number of fused-ring (bicyclic) bond motifs is 1. The fourth-order valence-corrected chi connectivity index (χ4v) is 2.80. The summed E-state index contributed by atoms with van der Waals surface area (Å²) in [6, 6.07) is 7.92. The number of benzene rings is 1. The van der Waals surface area contributed by atoms with E-state index in [0.29, 0.717) is 5.92 Å². The van der Waals surface area contributed by atoms with E-state index in [-0.39, 0.29) is 17.9 Å². The average Bonchev–Trinajstić information content (AvgIpc) is 2.91. The number of hydrogen-bond donors (Lipinski definition) is 2. The molecule has 0 spiro atoms. The summed E-state index contributed by atoms with van der Waals surface area (Å²) in [6.45, 7) is 8.46. The van der Waals surface area contributed by atoms with Crippen molar-refractivity contribution in [1.82, 2.24) is 15.3 Å². The van der Waals surface area contributed by atoms with E-state index in [0.717, 1.165) is 36.1 Å². The lowest BCUT2D eigenvalue weighted by molar-refractivity contribution is -0.126. The summed E-state index contributed by atoms with van der Waals surface area (Å²) in [6.07, 6.45) is 2.62. The van der Waals surface area contributed by atoms with Gasteiger partial charge in [0.05, 0.1) is 17.1 Å². The molecule has 120 valence electrons. The van der Waals surface area contributed by atoms with Gasteiger partial charge in [0, 0.05) is 5.92 Å². The van der Waals surface area contributed by atoms with Gasteiger partial charge in [0.1, 0.15) is 5.82 Å². The number of carbonyl (C=O) groups excluding carboxylic acids is 1. The predicted octanol–water partition coefficient (Wildman–Crippen LogP) is 4.20. The molecule has 0 saturated heterocycles. The number of nitrogens with zero attached hydrogens (tertiary/aromatic N) is 1. The average molecular weight is 301 g/mol. The highest BCUT2D eigenvalue weighted by Gasteiger charge is 2.22. The van der Waals surface area contributed by atoms with E-state index in [1.54, 1.807) is 0 Å². The number of imidazole rings is 1. The molecule has 0 saturated carbocycles. The third-order valence-corrected chi connectivity index (χ3v) is 4.12. The summed E-state index contributed by atoms with van der Waals surface area (Å²) in [5.41, 5.74) is 1.96. The second kappa shape index (κ2) is 7.43. The molecular formula is C18H27N3O. The summed E-state index contributed by atoms with van der Waals surface area (Å²) < 4.78 is 0. The maximum Gasteiger partial charge on any atom is 0.223 e. The Morgan fingerprint density at radius 2 is 1.91 bits per heavy atom. The first kappa shape index (κ1) is 16.5. The van der Waals surface area contributed by atoms with E-state index in [9.17, 15) is 4.79 Å². The second-order valence-corrected chi connectivity index (χ2v) is 6.34. The third-order valence-electron chi connectivity index (χ3n) is 4.12. The van der Waals surface area contributed by atoms with E-state index in [4.69, 9.17) is 0 Å². The van der Waals surface area contributed by atoms with Crippen LogP contribution in [-0.2, 0) is 4.79 Å². The SMILES string of the molecule is CCC(CC)C(=O)NC(CC(C)C)c1nc2ccccc2[nH]1. The van der Waals surface area contributed by atoms with Crippen LogP contribution in [0.3, 0.4) is 0 Å². The lowest BCUT2D eigenvalue weighted by atomic mass is 9.99. The standard InChI is InChI=1S/C18H27N3O/c1-5-13(6-2)18(22)21-16(11-12(3)4)17-19-14-9-7-8-10-15(14)20-17/h7-10,12-13,16H,5-6,11H2,1-4H3,(H,19,20)(H,21,22). The van der Waals surface area contributed by atoms with Crippen LogP contribution in [0, 0.1) is 11.8 Å². The van der Waals surface area contributed by atoms with Crippen LogP contribution in [0.4, 0.5) is 0 Å². The Hall–Kier alpha value is -1.84. The Bertz CT molecular complexity index is 581. The van der Waals surface area contributed by atoms with Gasteiger partial charge >= 0.3 is 0 Å². The molecule has 4 nitrogen and oxygen atoms in total. The fraction of sp³-hybridized carbons (Fsp3) is 0.556. The minimum absolute atomic E-state index is 0.0551. The number of rotatable bonds is 7. The summed E-state index contributed by atoms with van der Waals surface area (Å²) >= 11 is 0. The quantitative estimate of drug-likeness (QED) is 0.805. The minimum Gasteiger partial charge on any atom is -0.346 e. The number of H-pyrrole nitrogens is 1. The summed E-state index contributed by atoms with van der Waals surface area (Å²) in [5, 5.41) is 3.19. The van der Waals surface area contributed by atoms with Gasteiger partial charge in [0.25, 0.3) is 0 Å². The van der Waals surface area contributed by atoms with Crippen LogP contribution in [-0.4, -0.2) is 15.9 Å². The Labute approximate surface area is 132 Å². The van der Waals surface area contributed by atoms with Gasteiger partial charge < -0.3 is 10.3 Å². The lowest BCUT2D eigenvalue weighted by Crippen LogP contribution is -2.34. The molecule has 0 fully saturated rings. The molecule has 0 aliphatic heterocycles. The van der Waals surface area contributed by atoms with Gasteiger partial charge in [-0.1, -0.05) is 39.8 Å². The van der Waals surface area contributed by atoms with Crippen molar-refractivity contribution in [2.45, 2.75) is 53.0 Å². The zero-order valence-electron chi connectivity index (χ0n) is 14.0. The van der Waals surface area contributed by atoms with Gasteiger partial charge in [-0.15, -0.1) is 0 Å². The number of amides is 1. The summed E-state index contributed by atoms with van der Waals surface area (Å²) in [5.74, 6) is 1.56. The summed E-state index contributed by atoms with van der Waals surface area (Å²) in [4.78, 5) is 20.4. The molecule has 0 radical (unpaired) electrons. The van der Waals surface area contributed by atoms with Crippen molar-refractivity contribution in [3.63, 3.8) is 0 Å². The number of aromatic amines is 1. The maximum atomic E-state index is 12.4. The number of aromatic nitrogens is 2. The fourth-order valence-electron chi connectivity index (χ4n) is 2.80. The number of para-hydroxylation sites is 2. The predicted molar refractivity (Wildman–Crippen MR) is 90.5 cm³/mol. The molecule has 22 heavy (non-hydrogen) atoms. The zero-order chi connectivity index (χ0) is 16.1. The Kier molecular flexibility index (Phi) is 5.58. The topological polar surface area (TPSA) is 57.8 Å². The van der Waals surface area contributed by atoms with E-state index in [1.165, 1.54) is 0 Å². The van der Waals surface area contributed by atoms with Crippen LogP contribution in [0.2, 0.25) is 0 Å². The van der Waals surface area contributed by atoms with Crippen LogP contribution >= 0.6 is 0 Å². The molecule has 0 aliphatic carbocycles. The highest BCUT2D eigenvalue weighted by atomic mass is 16.1. The van der Waals surface area contributed by atoms with Gasteiger partial charge in [-0.05, 0) is 37.3 Å². The summed E-state index contributed by atoms with van der Waals surface area (Å²) in [7, 11) is 0. The molecule has 1 unspecified atom stereocenters. The van der Waals surface area contributed by atoms with Crippen molar-refractivity contribution >= 4 is 16.9 Å². The molecule has 4 heteroatoms. The van der Waals surface area contributed by atoms with Crippen LogP contribution in [0.15, 0.2) is 24.3 Å². The molecule has 1 aromatic heterocycles. The molecule has 2 aromatic rings. The van der Waals surface area contributed by atoms with Crippen molar-refractivity contribution < 1.29 is 4.79 Å². The number of nitrogens with one attached hydrogen (secondary N) is 2. The molecule has 1 atom stereocenters. The normalized spacial score (nSPS) is 13.0. The van der Waals surface area contributed by atoms with Crippen molar-refractivity contribution in [3.8, 4) is 0 Å². The largest absolute Gasteiger partial charge is 0.346 e. The molecule has 0 aliphatic rings. The van der Waals surface area contributed by atoms with Crippen LogP contribution in [0.1, 0.15) is 58.8 Å². The lowest BCUT2D eigenvalue weighted by Gasteiger charge is -2.21. The van der Waals surface area contributed by atoms with Gasteiger partial charge in [-0.2, -0.15) is 0 Å². The van der Waals surface area contributed by atoms with Gasteiger partial charge in [-0.25, -0.2) is 4.98 Å². The van der Waals surface area contributed by atoms with Crippen molar-refractivity contribution in [3.05, 3.63) is 30.1 Å². The minimum atomic E-state index is -0.0551. The van der Waals surface area contributed by atoms with Crippen molar-refractivity contribution in [2.75, 3.05) is 0 Å². The molecule has 1 amide bonds. The van der Waals surface area contributed by atoms with E-state index in [1.807, 2.05) is 24.3 Å². The molecule has 1 aromatic carbocycles. The van der Waals surface area contributed by atoms with Crippen LogP contribution < -0.4 is 5.32 Å². The van der Waals surface area contributed by atoms with E-state index >= 15 is 0 Å². The molecule has 0 bridgehead atoms. The van der Waals surface area contributed by atoms with E-state index < -0.39 is 0 Å². The van der Waals surface area contributed by atoms with Crippen molar-refractivity contribution in [2.24, 2.45) is 11.8 Å². The molecule has 2 rings (SSSR count). The number of hydrogen-bond acceptors (Lipinski definition) is 2. The third kappa shape index (κ3) is 3.87. The Morgan fingerprint density at radius 3 is 2.50 bits per heavy atom. The maximum absolute atomic E-state index is 12.4. The van der Waals surface area contributed by atoms with Gasteiger partial charge in [0.15, 0.2) is 0 Å². The smallest absolute Gasteiger partial charge is 0.223 e. The first-order chi connectivity index (χ1) is 10.5. The van der Waals surface area contributed by atoms with Gasteiger partial charge in [-0.3, -0.25) is 4.79 Å². The molecule has 1 heterocycles. The monoisotopic (exact) mass is 301 g/mol. The van der Waals surface area contributed by atoms with Crippen LogP contribution in [0.25, 0.3) is 11.0 Å². The van der Waals surface area contributed by atoms with Gasteiger partial charge in [0.2, 0.25) is 5.91 Å². The highest BCUT2D eigenvalue weighted by molar-refractivity contribution is 5.79. The second-order valence-electron chi connectivity index (χ2n) is 6.34.